The molecule has 1 N–H and O–H groups in total. The highest BCUT2D eigenvalue weighted by Gasteiger charge is 2.11. The van der Waals surface area contributed by atoms with E-state index in [9.17, 15) is 0 Å². The molecule has 1 aromatic rings. The molecule has 0 spiro atoms. The van der Waals surface area contributed by atoms with E-state index >= 15 is 0 Å². The van der Waals surface area contributed by atoms with Gasteiger partial charge < -0.3 is 9.94 Å². The van der Waals surface area contributed by atoms with Crippen LogP contribution in [0.2, 0.25) is 5.02 Å². The van der Waals surface area contributed by atoms with Crippen LogP contribution in [0, 0.1) is 0 Å². The lowest BCUT2D eigenvalue weighted by Gasteiger charge is -2.15. The summed E-state index contributed by atoms with van der Waals surface area (Å²) in [6, 6.07) is 5.28. The van der Waals surface area contributed by atoms with Crippen molar-refractivity contribution in [3.8, 4) is 5.75 Å². The summed E-state index contributed by atoms with van der Waals surface area (Å²) in [7, 11) is 0. The predicted octanol–water partition coefficient (Wildman–Crippen LogP) is 2.62. The molecule has 5 heteroatoms. The summed E-state index contributed by atoms with van der Waals surface area (Å²) < 4.78 is 5.70. The molecule has 0 aliphatic carbocycles. The van der Waals surface area contributed by atoms with Gasteiger partial charge in [-0.25, -0.2) is 0 Å². The first kappa shape index (κ1) is 13.2. The van der Waals surface area contributed by atoms with E-state index in [1.165, 1.54) is 19.1 Å². The molecule has 1 aliphatic heterocycles. The van der Waals surface area contributed by atoms with Crippen LogP contribution in [0.1, 0.15) is 18.4 Å². The van der Waals surface area contributed by atoms with Gasteiger partial charge in [0.2, 0.25) is 0 Å². The molecular formula is C13H17ClN2O2. The molecular weight excluding hydrogens is 252 g/mol. The number of halogens is 1. The molecule has 1 heterocycles. The summed E-state index contributed by atoms with van der Waals surface area (Å²) in [5.74, 6) is 0.691. The Bertz CT molecular complexity index is 417. The van der Waals surface area contributed by atoms with Crippen LogP contribution < -0.4 is 4.74 Å². The van der Waals surface area contributed by atoms with Crippen LogP contribution in [0.3, 0.4) is 0 Å². The van der Waals surface area contributed by atoms with Gasteiger partial charge in [0.05, 0.1) is 6.21 Å². The van der Waals surface area contributed by atoms with Gasteiger partial charge in [0.1, 0.15) is 12.4 Å². The summed E-state index contributed by atoms with van der Waals surface area (Å²) >= 11 is 5.88. The van der Waals surface area contributed by atoms with Gasteiger partial charge >= 0.3 is 0 Å². The smallest absolute Gasteiger partial charge is 0.128 e. The third-order valence-corrected chi connectivity index (χ3v) is 3.27. The highest BCUT2D eigenvalue weighted by Crippen LogP contribution is 2.21. The van der Waals surface area contributed by atoms with E-state index < -0.39 is 0 Å². The van der Waals surface area contributed by atoms with Gasteiger partial charge in [0, 0.05) is 17.1 Å². The average Bonchev–Trinajstić information content (AvgIpc) is 2.85. The molecule has 1 aliphatic rings. The van der Waals surface area contributed by atoms with Crippen molar-refractivity contribution < 1.29 is 9.94 Å². The fourth-order valence-electron chi connectivity index (χ4n) is 2.10. The van der Waals surface area contributed by atoms with Crippen LogP contribution >= 0.6 is 11.6 Å². The molecule has 1 aromatic carbocycles. The number of oxime groups is 1. The minimum absolute atomic E-state index is 0.594. The quantitative estimate of drug-likeness (QED) is 0.507. The van der Waals surface area contributed by atoms with E-state index in [2.05, 4.69) is 10.1 Å². The molecule has 98 valence electrons. The standard InChI is InChI=1S/C13H17ClN2O2/c14-12-3-4-13(11(9-12)10-15-17)18-8-7-16-5-1-2-6-16/h3-4,9-10,17H,1-2,5-8H2. The largest absolute Gasteiger partial charge is 0.492 e. The Labute approximate surface area is 112 Å². The number of hydrogen-bond acceptors (Lipinski definition) is 4. The summed E-state index contributed by atoms with van der Waals surface area (Å²) in [5.41, 5.74) is 0.687. The zero-order valence-corrected chi connectivity index (χ0v) is 10.9. The number of rotatable bonds is 5. The third-order valence-electron chi connectivity index (χ3n) is 3.03. The Kier molecular flexibility index (Phi) is 4.84. The van der Waals surface area contributed by atoms with Crippen molar-refractivity contribution in [1.82, 2.24) is 4.90 Å². The summed E-state index contributed by atoms with van der Waals surface area (Å²) in [6.45, 7) is 3.89. The van der Waals surface area contributed by atoms with Gasteiger partial charge in [0.15, 0.2) is 0 Å². The van der Waals surface area contributed by atoms with E-state index in [0.29, 0.717) is 22.9 Å². The zero-order valence-electron chi connectivity index (χ0n) is 10.2. The van der Waals surface area contributed by atoms with E-state index in [1.807, 2.05) is 0 Å². The van der Waals surface area contributed by atoms with Gasteiger partial charge in [-0.1, -0.05) is 16.8 Å². The Balaban J connectivity index is 1.91. The van der Waals surface area contributed by atoms with Crippen molar-refractivity contribution in [2.24, 2.45) is 5.16 Å². The van der Waals surface area contributed by atoms with Crippen molar-refractivity contribution in [3.63, 3.8) is 0 Å². The normalized spacial score (nSPS) is 16.5. The molecule has 2 rings (SSSR count). The van der Waals surface area contributed by atoms with Crippen LogP contribution in [-0.4, -0.2) is 42.6 Å². The molecule has 1 saturated heterocycles. The second-order valence-corrected chi connectivity index (χ2v) is 4.76. The molecule has 0 radical (unpaired) electrons. The Morgan fingerprint density at radius 2 is 2.17 bits per heavy atom. The maximum absolute atomic E-state index is 8.60. The van der Waals surface area contributed by atoms with Crippen LogP contribution in [0.5, 0.6) is 5.75 Å². The maximum atomic E-state index is 8.60. The van der Waals surface area contributed by atoms with Crippen LogP contribution in [0.4, 0.5) is 0 Å². The minimum Gasteiger partial charge on any atom is -0.492 e. The fraction of sp³-hybridized carbons (Fsp3) is 0.462. The average molecular weight is 269 g/mol. The molecule has 0 amide bonds. The Morgan fingerprint density at radius 3 is 2.89 bits per heavy atom. The molecule has 0 atom stereocenters. The van der Waals surface area contributed by atoms with Crippen LogP contribution in [0.25, 0.3) is 0 Å². The highest BCUT2D eigenvalue weighted by atomic mass is 35.5. The van der Waals surface area contributed by atoms with E-state index in [4.69, 9.17) is 21.5 Å². The predicted molar refractivity (Wildman–Crippen MR) is 72.0 cm³/mol. The van der Waals surface area contributed by atoms with Crippen molar-refractivity contribution in [1.29, 1.82) is 0 Å². The van der Waals surface area contributed by atoms with Crippen molar-refractivity contribution in [2.75, 3.05) is 26.2 Å². The number of benzene rings is 1. The van der Waals surface area contributed by atoms with E-state index in [-0.39, 0.29) is 0 Å². The highest BCUT2D eigenvalue weighted by molar-refractivity contribution is 6.30. The Hall–Kier alpha value is -1.26. The number of nitrogens with zero attached hydrogens (tertiary/aromatic N) is 2. The monoisotopic (exact) mass is 268 g/mol. The van der Waals surface area contributed by atoms with Gasteiger partial charge in [-0.2, -0.15) is 0 Å². The van der Waals surface area contributed by atoms with Gasteiger partial charge in [-0.15, -0.1) is 0 Å². The third kappa shape index (κ3) is 3.62. The zero-order chi connectivity index (χ0) is 12.8. The SMILES string of the molecule is ON=Cc1cc(Cl)ccc1OCCN1CCCC1. The van der Waals surface area contributed by atoms with E-state index in [1.54, 1.807) is 18.2 Å². The molecule has 4 nitrogen and oxygen atoms in total. The molecule has 0 bridgehead atoms. The summed E-state index contributed by atoms with van der Waals surface area (Å²) in [5, 5.41) is 12.2. The Morgan fingerprint density at radius 1 is 1.39 bits per heavy atom. The lowest BCUT2D eigenvalue weighted by atomic mass is 10.2. The van der Waals surface area contributed by atoms with Crippen molar-refractivity contribution in [3.05, 3.63) is 28.8 Å². The second-order valence-electron chi connectivity index (χ2n) is 4.32. The first-order valence-electron chi connectivity index (χ1n) is 6.12. The molecule has 0 aromatic heterocycles. The minimum atomic E-state index is 0.594. The fourth-order valence-corrected chi connectivity index (χ4v) is 2.29. The first-order chi connectivity index (χ1) is 8.79. The van der Waals surface area contributed by atoms with Crippen molar-refractivity contribution in [2.45, 2.75) is 12.8 Å². The summed E-state index contributed by atoms with van der Waals surface area (Å²) in [4.78, 5) is 2.38. The van der Waals surface area contributed by atoms with E-state index in [0.717, 1.165) is 19.6 Å². The lowest BCUT2D eigenvalue weighted by Crippen LogP contribution is -2.25. The maximum Gasteiger partial charge on any atom is 0.128 e. The molecule has 18 heavy (non-hydrogen) atoms. The van der Waals surface area contributed by atoms with Gasteiger partial charge in [-0.3, -0.25) is 4.90 Å². The van der Waals surface area contributed by atoms with Gasteiger partial charge in [-0.05, 0) is 44.1 Å². The van der Waals surface area contributed by atoms with Crippen LogP contribution in [0.15, 0.2) is 23.4 Å². The number of likely N-dealkylation sites (tertiary alicyclic amines) is 1. The number of ether oxygens (including phenoxy) is 1. The lowest BCUT2D eigenvalue weighted by molar-refractivity contribution is 0.237. The van der Waals surface area contributed by atoms with Gasteiger partial charge in [0.25, 0.3) is 0 Å². The van der Waals surface area contributed by atoms with Crippen molar-refractivity contribution >= 4 is 17.8 Å². The molecule has 0 unspecified atom stereocenters. The first-order valence-corrected chi connectivity index (χ1v) is 6.49. The van der Waals surface area contributed by atoms with Crippen LogP contribution in [-0.2, 0) is 0 Å². The molecule has 1 fully saturated rings. The second kappa shape index (κ2) is 6.61. The topological polar surface area (TPSA) is 45.1 Å². The summed E-state index contributed by atoms with van der Waals surface area (Å²) in [6.07, 6.45) is 3.89. The number of hydrogen-bond donors (Lipinski definition) is 1. The molecule has 0 saturated carbocycles.